The zero-order valence-electron chi connectivity index (χ0n) is 20.6. The van der Waals surface area contributed by atoms with Crippen molar-refractivity contribution in [2.75, 3.05) is 45.1 Å². The van der Waals surface area contributed by atoms with E-state index in [9.17, 15) is 23.1 Å². The van der Waals surface area contributed by atoms with Gasteiger partial charge >= 0.3 is 6.36 Å². The van der Waals surface area contributed by atoms with Gasteiger partial charge in [-0.1, -0.05) is 11.3 Å². The smallest absolute Gasteiger partial charge is 0.406 e. The van der Waals surface area contributed by atoms with E-state index in [-0.39, 0.29) is 18.2 Å². The molecule has 1 aliphatic rings. The number of aliphatic hydroxyl groups is 1. The number of hydrogen-bond donors (Lipinski definition) is 3. The molecule has 0 bridgehead atoms. The average Bonchev–Trinajstić information content (AvgIpc) is 3.41. The van der Waals surface area contributed by atoms with E-state index in [1.165, 1.54) is 18.2 Å². The molecule has 0 spiro atoms. The summed E-state index contributed by atoms with van der Waals surface area (Å²) in [6.45, 7) is 3.31. The van der Waals surface area contributed by atoms with Crippen LogP contribution in [0.4, 0.5) is 24.3 Å². The number of carbonyl (C=O) groups is 1. The van der Waals surface area contributed by atoms with Crippen LogP contribution >= 0.6 is 11.3 Å². The van der Waals surface area contributed by atoms with Crippen LogP contribution < -0.4 is 15.4 Å². The number of halogens is 3. The number of benzene rings is 2. The molecule has 38 heavy (non-hydrogen) atoms. The summed E-state index contributed by atoms with van der Waals surface area (Å²) in [5.41, 5.74) is 2.26. The quantitative estimate of drug-likeness (QED) is 0.323. The molecule has 1 unspecified atom stereocenters. The number of hydrogen-bond acceptors (Lipinski definition) is 9. The minimum absolute atomic E-state index is 0.114. The highest BCUT2D eigenvalue weighted by Crippen LogP contribution is 2.33. The normalized spacial score (nSPS) is 16.2. The van der Waals surface area contributed by atoms with Crippen LogP contribution in [0.25, 0.3) is 21.3 Å². The molecule has 1 amide bonds. The van der Waals surface area contributed by atoms with Gasteiger partial charge in [0.2, 0.25) is 5.95 Å². The molecule has 4 aromatic rings. The molecule has 2 aromatic carbocycles. The van der Waals surface area contributed by atoms with Crippen molar-refractivity contribution in [2.24, 2.45) is 7.05 Å². The van der Waals surface area contributed by atoms with Crippen molar-refractivity contribution in [1.82, 2.24) is 29.7 Å². The first-order chi connectivity index (χ1) is 18.1. The second-order valence-electron chi connectivity index (χ2n) is 9.05. The maximum Gasteiger partial charge on any atom is 0.573 e. The van der Waals surface area contributed by atoms with E-state index in [0.717, 1.165) is 43.0 Å². The van der Waals surface area contributed by atoms with E-state index >= 15 is 0 Å². The van der Waals surface area contributed by atoms with Crippen molar-refractivity contribution in [2.45, 2.75) is 12.6 Å². The summed E-state index contributed by atoms with van der Waals surface area (Å²) in [6, 6.07) is 9.08. The molecule has 3 heterocycles. The number of thiazole rings is 1. The minimum Gasteiger partial charge on any atom is -0.406 e. The molecule has 5 rings (SSSR count). The number of nitrogens with zero attached hydrogens (tertiary/aromatic N) is 5. The van der Waals surface area contributed by atoms with Gasteiger partial charge in [0.15, 0.2) is 5.13 Å². The van der Waals surface area contributed by atoms with Gasteiger partial charge in [0, 0.05) is 44.9 Å². The number of fused-ring (bicyclic) bond motifs is 2. The Morgan fingerprint density at radius 1 is 1.11 bits per heavy atom. The van der Waals surface area contributed by atoms with Gasteiger partial charge in [-0.2, -0.15) is 0 Å². The molecular weight excluding hydrogens is 523 g/mol. The molecule has 202 valence electrons. The zero-order chi connectivity index (χ0) is 27.0. The van der Waals surface area contributed by atoms with Gasteiger partial charge in [-0.15, -0.1) is 13.2 Å². The van der Waals surface area contributed by atoms with Crippen molar-refractivity contribution < 1.29 is 27.8 Å². The van der Waals surface area contributed by atoms with Crippen LogP contribution in [0, 0.1) is 0 Å². The molecule has 3 N–H and O–H groups in total. The number of ether oxygens (including phenoxy) is 1. The van der Waals surface area contributed by atoms with E-state index in [0.29, 0.717) is 32.4 Å². The van der Waals surface area contributed by atoms with Gasteiger partial charge in [-0.05, 0) is 37.4 Å². The van der Waals surface area contributed by atoms with Crippen LogP contribution in [0.2, 0.25) is 0 Å². The number of carbonyl (C=O) groups excluding carboxylic acids is 1. The summed E-state index contributed by atoms with van der Waals surface area (Å²) in [6.07, 6.45) is -5.53. The lowest BCUT2D eigenvalue weighted by molar-refractivity contribution is -0.274. The molecular formula is C24H26F3N7O3S. The molecule has 10 nitrogen and oxygen atoms in total. The highest BCUT2D eigenvalue weighted by Gasteiger charge is 2.31. The molecule has 2 aromatic heterocycles. The number of alkyl halides is 3. The molecule has 1 fully saturated rings. The van der Waals surface area contributed by atoms with Crippen molar-refractivity contribution in [1.29, 1.82) is 0 Å². The summed E-state index contributed by atoms with van der Waals surface area (Å²) in [4.78, 5) is 25.8. The first-order valence-corrected chi connectivity index (χ1v) is 12.7. The van der Waals surface area contributed by atoms with E-state index in [1.807, 2.05) is 11.9 Å². The van der Waals surface area contributed by atoms with E-state index in [1.54, 1.807) is 29.8 Å². The number of likely N-dealkylation sites (N-methyl/N-ethyl adjacent to an activating group) is 1. The number of rotatable bonds is 7. The minimum atomic E-state index is -4.77. The Morgan fingerprint density at radius 2 is 1.87 bits per heavy atom. The highest BCUT2D eigenvalue weighted by molar-refractivity contribution is 7.22. The fourth-order valence-electron chi connectivity index (χ4n) is 4.24. The summed E-state index contributed by atoms with van der Waals surface area (Å²) in [5, 5.41) is 16.8. The molecule has 14 heteroatoms. The molecule has 0 radical (unpaired) electrons. The third kappa shape index (κ3) is 5.83. The van der Waals surface area contributed by atoms with Gasteiger partial charge in [0.1, 0.15) is 12.0 Å². The third-order valence-electron chi connectivity index (χ3n) is 6.36. The topological polar surface area (TPSA) is 108 Å². The second kappa shape index (κ2) is 10.4. The van der Waals surface area contributed by atoms with Gasteiger partial charge in [-0.3, -0.25) is 9.69 Å². The maximum absolute atomic E-state index is 12.7. The van der Waals surface area contributed by atoms with E-state index in [2.05, 4.69) is 30.2 Å². The van der Waals surface area contributed by atoms with Crippen LogP contribution in [0.15, 0.2) is 36.4 Å². The number of amides is 1. The summed E-state index contributed by atoms with van der Waals surface area (Å²) >= 11 is 1.16. The van der Waals surface area contributed by atoms with Crippen molar-refractivity contribution in [3.8, 4) is 5.75 Å². The zero-order valence-corrected chi connectivity index (χ0v) is 21.4. The van der Waals surface area contributed by atoms with Crippen molar-refractivity contribution >= 4 is 49.6 Å². The summed E-state index contributed by atoms with van der Waals surface area (Å²) in [5.74, 6) is -0.179. The molecule has 1 atom stereocenters. The fraction of sp³-hybridized carbons (Fsp3) is 0.375. The Balaban J connectivity index is 1.27. The van der Waals surface area contributed by atoms with Crippen LogP contribution in [-0.4, -0.2) is 87.7 Å². The number of anilines is 2. The van der Waals surface area contributed by atoms with Crippen LogP contribution in [0.3, 0.4) is 0 Å². The van der Waals surface area contributed by atoms with Gasteiger partial charge < -0.3 is 29.9 Å². The molecule has 1 saturated heterocycles. The lowest BCUT2D eigenvalue weighted by atomic mass is 10.2. The number of piperazine rings is 1. The third-order valence-corrected chi connectivity index (χ3v) is 7.29. The number of nitrogens with one attached hydrogen (secondary N) is 2. The number of aryl methyl sites for hydroxylation is 1. The SMILES string of the molecule is CN1CCN(C(O)CNC(=O)c2ccc3c(c2)nc(Nc2nc4ccc(OC(F)(F)F)cc4s2)n3C)CC1. The first kappa shape index (κ1) is 26.2. The Labute approximate surface area is 219 Å². The van der Waals surface area contributed by atoms with Crippen molar-refractivity contribution in [3.63, 3.8) is 0 Å². The molecule has 0 aliphatic carbocycles. The summed E-state index contributed by atoms with van der Waals surface area (Å²) in [7, 11) is 3.83. The Kier molecular flexibility index (Phi) is 7.13. The van der Waals surface area contributed by atoms with Crippen LogP contribution in [0.1, 0.15) is 10.4 Å². The number of aliphatic hydroxyl groups excluding tert-OH is 1. The Bertz CT molecular complexity index is 1460. The maximum atomic E-state index is 12.7. The Hall–Kier alpha value is -3.46. The van der Waals surface area contributed by atoms with Crippen molar-refractivity contribution in [3.05, 3.63) is 42.0 Å². The van der Waals surface area contributed by atoms with Gasteiger partial charge in [0.05, 0.1) is 27.8 Å². The Morgan fingerprint density at radius 3 is 2.61 bits per heavy atom. The molecule has 1 aliphatic heterocycles. The predicted molar refractivity (Wildman–Crippen MR) is 138 cm³/mol. The first-order valence-electron chi connectivity index (χ1n) is 11.8. The van der Waals surface area contributed by atoms with Gasteiger partial charge in [0.25, 0.3) is 5.91 Å². The predicted octanol–water partition coefficient (Wildman–Crippen LogP) is 3.12. The lowest BCUT2D eigenvalue weighted by Crippen LogP contribution is -2.52. The van der Waals surface area contributed by atoms with Crippen LogP contribution in [-0.2, 0) is 7.05 Å². The number of aromatic nitrogens is 3. The second-order valence-corrected chi connectivity index (χ2v) is 10.1. The van der Waals surface area contributed by atoms with Crippen LogP contribution in [0.5, 0.6) is 5.75 Å². The van der Waals surface area contributed by atoms with E-state index < -0.39 is 12.6 Å². The average molecular weight is 550 g/mol. The largest absolute Gasteiger partial charge is 0.573 e. The van der Waals surface area contributed by atoms with E-state index in [4.69, 9.17) is 0 Å². The summed E-state index contributed by atoms with van der Waals surface area (Å²) < 4.78 is 43.9. The standard InChI is InChI=1S/C24H26F3N7O3S/c1-32-7-9-34(10-8-32)20(35)13-28-21(36)14-3-6-18-17(11-14)29-22(33(18)2)31-23-30-16-5-4-15(12-19(16)38-23)37-24(25,26)27/h3-6,11-12,20,35H,7-10,13H2,1-2H3,(H,28,36)(H,29,30,31). The monoisotopic (exact) mass is 549 g/mol. The fourth-order valence-corrected chi connectivity index (χ4v) is 5.13. The molecule has 0 saturated carbocycles. The lowest BCUT2D eigenvalue weighted by Gasteiger charge is -2.35. The highest BCUT2D eigenvalue weighted by atomic mass is 32.1. The van der Waals surface area contributed by atoms with Gasteiger partial charge in [-0.25, -0.2) is 9.97 Å². The number of imidazole rings is 1.